The first-order valence-electron chi connectivity index (χ1n) is 5.42. The van der Waals surface area contributed by atoms with Crippen molar-refractivity contribution < 1.29 is 0 Å². The molecule has 1 rings (SSSR count). The average Bonchev–Trinajstić information content (AvgIpc) is 2.27. The molecule has 0 atom stereocenters. The summed E-state index contributed by atoms with van der Waals surface area (Å²) >= 11 is 0. The third-order valence-corrected chi connectivity index (χ3v) is 2.10. The van der Waals surface area contributed by atoms with Crippen LogP contribution in [0.1, 0.15) is 37.5 Å². The van der Waals surface area contributed by atoms with Crippen molar-refractivity contribution in [3.05, 3.63) is 35.4 Å². The molecule has 0 unspecified atom stereocenters. The molecule has 1 aromatic rings. The van der Waals surface area contributed by atoms with E-state index in [-0.39, 0.29) is 0 Å². The van der Waals surface area contributed by atoms with Crippen molar-refractivity contribution in [2.24, 2.45) is 4.99 Å². The third-order valence-electron chi connectivity index (χ3n) is 2.10. The lowest BCUT2D eigenvalue weighted by molar-refractivity contribution is 1.33. The molecule has 0 aliphatic heterocycles. The molecule has 0 radical (unpaired) electrons. The summed E-state index contributed by atoms with van der Waals surface area (Å²) in [6, 6.07) is 4.19. The van der Waals surface area contributed by atoms with Gasteiger partial charge in [0.25, 0.3) is 0 Å². The van der Waals surface area contributed by atoms with Gasteiger partial charge in [-0.05, 0) is 31.9 Å². The van der Waals surface area contributed by atoms with Crippen molar-refractivity contribution in [2.75, 3.05) is 0 Å². The molecular formula is C14H21N. The lowest BCUT2D eigenvalue weighted by Gasteiger charge is -2.07. The summed E-state index contributed by atoms with van der Waals surface area (Å²) in [5.74, 6) is 0. The van der Waals surface area contributed by atoms with E-state index in [1.165, 1.54) is 11.1 Å². The minimum absolute atomic E-state index is 1.04. The molecule has 0 fully saturated rings. The number of aryl methyl sites for hydroxylation is 2. The maximum absolute atomic E-state index is 4.34. The van der Waals surface area contributed by atoms with Crippen LogP contribution < -0.4 is 0 Å². The Hall–Kier alpha value is -1.37. The molecule has 0 saturated heterocycles. The van der Waals surface area contributed by atoms with E-state index >= 15 is 0 Å². The summed E-state index contributed by atoms with van der Waals surface area (Å²) in [4.78, 5) is 4.34. The number of hydrogen-bond acceptors (Lipinski definition) is 1. The molecule has 0 aromatic heterocycles. The van der Waals surface area contributed by atoms with Crippen LogP contribution in [0.5, 0.6) is 0 Å². The third kappa shape index (κ3) is 3.35. The molecule has 1 aromatic carbocycles. The molecule has 0 amide bonds. The lowest BCUT2D eigenvalue weighted by atomic mass is 10.0. The van der Waals surface area contributed by atoms with Gasteiger partial charge in [0.15, 0.2) is 0 Å². The molecule has 0 heterocycles. The van der Waals surface area contributed by atoms with E-state index in [2.05, 4.69) is 37.6 Å². The standard InChI is InChI=1S/C12H15N.C2H6/c1-5-11-9(3)7-8-10(4)12(11)13-6-2;1-2/h5-8H,1H2,2-4H3;1-2H3. The quantitative estimate of drug-likeness (QED) is 0.618. The summed E-state index contributed by atoms with van der Waals surface area (Å²) in [6.07, 6.45) is 3.68. The fourth-order valence-electron chi connectivity index (χ4n) is 1.38. The minimum atomic E-state index is 1.04. The van der Waals surface area contributed by atoms with Gasteiger partial charge in [-0.3, -0.25) is 4.99 Å². The van der Waals surface area contributed by atoms with Crippen LogP contribution in [-0.2, 0) is 0 Å². The molecule has 82 valence electrons. The Morgan fingerprint density at radius 3 is 2.13 bits per heavy atom. The highest BCUT2D eigenvalue weighted by Gasteiger charge is 2.03. The highest BCUT2D eigenvalue weighted by molar-refractivity contribution is 5.73. The van der Waals surface area contributed by atoms with Gasteiger partial charge in [-0.25, -0.2) is 0 Å². The van der Waals surface area contributed by atoms with Crippen molar-refractivity contribution in [1.29, 1.82) is 0 Å². The molecule has 1 heteroatoms. The van der Waals surface area contributed by atoms with Gasteiger partial charge in [0.1, 0.15) is 0 Å². The molecule has 0 spiro atoms. The first-order chi connectivity index (χ1) is 7.20. The van der Waals surface area contributed by atoms with E-state index in [1.54, 1.807) is 0 Å². The summed E-state index contributed by atoms with van der Waals surface area (Å²) in [6.45, 7) is 13.9. The smallest absolute Gasteiger partial charge is 0.0729 e. The molecule has 0 aliphatic carbocycles. The molecule has 0 bridgehead atoms. The Labute approximate surface area is 93.6 Å². The van der Waals surface area contributed by atoms with Crippen molar-refractivity contribution in [2.45, 2.75) is 34.6 Å². The van der Waals surface area contributed by atoms with Crippen LogP contribution in [0.2, 0.25) is 0 Å². The van der Waals surface area contributed by atoms with Gasteiger partial charge >= 0.3 is 0 Å². The van der Waals surface area contributed by atoms with E-state index in [0.717, 1.165) is 11.3 Å². The Kier molecular flexibility index (Phi) is 6.35. The zero-order chi connectivity index (χ0) is 11.8. The fourth-order valence-corrected chi connectivity index (χ4v) is 1.38. The molecular weight excluding hydrogens is 182 g/mol. The molecule has 1 nitrogen and oxygen atoms in total. The fraction of sp³-hybridized carbons (Fsp3) is 0.357. The molecule has 0 N–H and O–H groups in total. The number of nitrogens with zero attached hydrogens (tertiary/aromatic N) is 1. The number of hydrogen-bond donors (Lipinski definition) is 0. The number of rotatable bonds is 2. The van der Waals surface area contributed by atoms with Gasteiger partial charge in [0.2, 0.25) is 0 Å². The largest absolute Gasteiger partial charge is 0.261 e. The number of benzene rings is 1. The predicted molar refractivity (Wildman–Crippen MR) is 71.2 cm³/mol. The Morgan fingerprint density at radius 1 is 1.13 bits per heavy atom. The van der Waals surface area contributed by atoms with E-state index < -0.39 is 0 Å². The summed E-state index contributed by atoms with van der Waals surface area (Å²) < 4.78 is 0. The Morgan fingerprint density at radius 2 is 1.67 bits per heavy atom. The second kappa shape index (κ2) is 6.99. The van der Waals surface area contributed by atoms with Crippen molar-refractivity contribution >= 4 is 18.0 Å². The second-order valence-electron chi connectivity index (χ2n) is 3.05. The monoisotopic (exact) mass is 203 g/mol. The van der Waals surface area contributed by atoms with Gasteiger partial charge in [0, 0.05) is 11.8 Å². The van der Waals surface area contributed by atoms with Gasteiger partial charge < -0.3 is 0 Å². The molecule has 0 aliphatic rings. The van der Waals surface area contributed by atoms with Crippen LogP contribution in [0.3, 0.4) is 0 Å². The van der Waals surface area contributed by atoms with Crippen LogP contribution in [0, 0.1) is 13.8 Å². The van der Waals surface area contributed by atoms with Crippen LogP contribution in [-0.4, -0.2) is 6.21 Å². The molecule has 0 saturated carbocycles. The van der Waals surface area contributed by atoms with Crippen LogP contribution in [0.25, 0.3) is 6.08 Å². The van der Waals surface area contributed by atoms with Crippen LogP contribution in [0.4, 0.5) is 5.69 Å². The van der Waals surface area contributed by atoms with Crippen molar-refractivity contribution in [3.63, 3.8) is 0 Å². The van der Waals surface area contributed by atoms with E-state index in [1.807, 2.05) is 33.1 Å². The van der Waals surface area contributed by atoms with Gasteiger partial charge in [-0.1, -0.05) is 38.6 Å². The SMILES string of the molecule is C=Cc1c(C)ccc(C)c1N=CC.CC. The first kappa shape index (κ1) is 13.6. The van der Waals surface area contributed by atoms with Gasteiger partial charge in [0.05, 0.1) is 5.69 Å². The second-order valence-corrected chi connectivity index (χ2v) is 3.05. The highest BCUT2D eigenvalue weighted by atomic mass is 14.7. The van der Waals surface area contributed by atoms with Gasteiger partial charge in [-0.15, -0.1) is 0 Å². The maximum Gasteiger partial charge on any atom is 0.0729 e. The van der Waals surface area contributed by atoms with Crippen molar-refractivity contribution in [1.82, 2.24) is 0 Å². The van der Waals surface area contributed by atoms with Crippen molar-refractivity contribution in [3.8, 4) is 0 Å². The van der Waals surface area contributed by atoms with E-state index in [4.69, 9.17) is 0 Å². The summed E-state index contributed by atoms with van der Waals surface area (Å²) in [5, 5.41) is 0. The zero-order valence-electron chi connectivity index (χ0n) is 10.5. The van der Waals surface area contributed by atoms with Gasteiger partial charge in [-0.2, -0.15) is 0 Å². The van der Waals surface area contributed by atoms with Crippen LogP contribution >= 0.6 is 0 Å². The topological polar surface area (TPSA) is 12.4 Å². The normalized spacial score (nSPS) is 9.67. The first-order valence-corrected chi connectivity index (χ1v) is 5.42. The van der Waals surface area contributed by atoms with E-state index in [9.17, 15) is 0 Å². The average molecular weight is 203 g/mol. The minimum Gasteiger partial charge on any atom is -0.261 e. The zero-order valence-corrected chi connectivity index (χ0v) is 10.5. The summed E-state index contributed by atoms with van der Waals surface area (Å²) in [7, 11) is 0. The predicted octanol–water partition coefficient (Wildman–Crippen LogP) is 4.69. The molecule has 15 heavy (non-hydrogen) atoms. The Bertz CT molecular complexity index is 349. The Balaban J connectivity index is 0.000000921. The highest BCUT2D eigenvalue weighted by Crippen LogP contribution is 2.27. The summed E-state index contributed by atoms with van der Waals surface area (Å²) in [5.41, 5.74) is 4.59. The van der Waals surface area contributed by atoms with Crippen LogP contribution in [0.15, 0.2) is 23.7 Å². The lowest BCUT2D eigenvalue weighted by Crippen LogP contribution is -1.85. The number of aliphatic imine (C=N–C) groups is 1. The maximum atomic E-state index is 4.34. The van der Waals surface area contributed by atoms with E-state index in [0.29, 0.717) is 0 Å².